The molecule has 0 bridgehead atoms. The molecule has 19 heavy (non-hydrogen) atoms. The van der Waals surface area contributed by atoms with Crippen LogP contribution in [0.5, 0.6) is 5.75 Å². The highest BCUT2D eigenvalue weighted by atomic mass is 16.7. The van der Waals surface area contributed by atoms with Gasteiger partial charge in [-0.3, -0.25) is 0 Å². The fourth-order valence-corrected chi connectivity index (χ4v) is 2.33. The van der Waals surface area contributed by atoms with Gasteiger partial charge in [-0.15, -0.1) is 0 Å². The summed E-state index contributed by atoms with van der Waals surface area (Å²) in [5, 5.41) is 0. The molecule has 106 valence electrons. The zero-order chi connectivity index (χ0) is 13.9. The zero-order valence-electron chi connectivity index (χ0n) is 12.3. The Kier molecular flexibility index (Phi) is 4.48. The van der Waals surface area contributed by atoms with Crippen molar-refractivity contribution < 1.29 is 14.2 Å². The van der Waals surface area contributed by atoms with Gasteiger partial charge in [-0.05, 0) is 44.9 Å². The van der Waals surface area contributed by atoms with Gasteiger partial charge < -0.3 is 14.2 Å². The molecule has 1 aliphatic heterocycles. The number of rotatable bonds is 5. The number of ether oxygens (including phenoxy) is 3. The summed E-state index contributed by atoms with van der Waals surface area (Å²) in [6.45, 7) is 9.66. The average Bonchev–Trinajstić information content (AvgIpc) is 2.79. The summed E-state index contributed by atoms with van der Waals surface area (Å²) in [5.74, 6) is 0.811. The first-order chi connectivity index (χ1) is 8.99. The predicted molar refractivity (Wildman–Crippen MR) is 75.4 cm³/mol. The Morgan fingerprint density at radius 2 is 1.68 bits per heavy atom. The van der Waals surface area contributed by atoms with Crippen LogP contribution >= 0.6 is 0 Å². The topological polar surface area (TPSA) is 27.7 Å². The molecule has 0 radical (unpaired) electrons. The van der Waals surface area contributed by atoms with Gasteiger partial charge in [0.15, 0.2) is 5.79 Å². The third-order valence-corrected chi connectivity index (χ3v) is 3.59. The molecule has 1 unspecified atom stereocenters. The van der Waals surface area contributed by atoms with Crippen molar-refractivity contribution >= 4 is 0 Å². The van der Waals surface area contributed by atoms with E-state index in [1.807, 2.05) is 32.9 Å². The Morgan fingerprint density at radius 3 is 2.21 bits per heavy atom. The first kappa shape index (κ1) is 14.4. The zero-order valence-corrected chi connectivity index (χ0v) is 12.3. The van der Waals surface area contributed by atoms with Crippen LogP contribution in [0.15, 0.2) is 24.3 Å². The maximum absolute atomic E-state index is 5.70. The normalized spacial score (nSPS) is 19.6. The fraction of sp³-hybridized carbons (Fsp3) is 0.625. The van der Waals surface area contributed by atoms with Crippen molar-refractivity contribution in [3.8, 4) is 5.75 Å². The van der Waals surface area contributed by atoms with Crippen molar-refractivity contribution in [3.05, 3.63) is 29.8 Å². The van der Waals surface area contributed by atoms with E-state index in [1.165, 1.54) is 5.56 Å². The van der Waals surface area contributed by atoms with Crippen molar-refractivity contribution in [2.24, 2.45) is 5.92 Å². The summed E-state index contributed by atoms with van der Waals surface area (Å²) in [6.07, 6.45) is 1.15. The molecule has 1 heterocycles. The molecule has 0 spiro atoms. The van der Waals surface area contributed by atoms with Crippen LogP contribution in [0.1, 0.15) is 33.3 Å². The van der Waals surface area contributed by atoms with E-state index in [0.29, 0.717) is 19.1 Å². The molecular weight excluding hydrogens is 240 g/mol. The lowest BCUT2D eigenvalue weighted by Gasteiger charge is -2.29. The van der Waals surface area contributed by atoms with Gasteiger partial charge in [0.05, 0.1) is 19.3 Å². The summed E-state index contributed by atoms with van der Waals surface area (Å²) >= 11 is 0. The van der Waals surface area contributed by atoms with E-state index < -0.39 is 5.79 Å². The smallest absolute Gasteiger partial charge is 0.168 e. The van der Waals surface area contributed by atoms with Crippen molar-refractivity contribution in [2.45, 2.75) is 46.0 Å². The van der Waals surface area contributed by atoms with Gasteiger partial charge in [-0.1, -0.05) is 19.1 Å². The van der Waals surface area contributed by atoms with Crippen LogP contribution < -0.4 is 4.74 Å². The fourth-order valence-electron chi connectivity index (χ4n) is 2.33. The molecule has 0 saturated carbocycles. The van der Waals surface area contributed by atoms with Crippen LogP contribution in [0.2, 0.25) is 0 Å². The Labute approximate surface area is 115 Å². The van der Waals surface area contributed by atoms with Crippen LogP contribution in [0.4, 0.5) is 0 Å². The quantitative estimate of drug-likeness (QED) is 0.815. The second-order valence-electron chi connectivity index (χ2n) is 5.63. The first-order valence-electron chi connectivity index (χ1n) is 7.03. The van der Waals surface area contributed by atoms with E-state index in [-0.39, 0.29) is 6.10 Å². The first-order valence-corrected chi connectivity index (χ1v) is 7.03. The average molecular weight is 264 g/mol. The van der Waals surface area contributed by atoms with E-state index in [4.69, 9.17) is 14.2 Å². The Bertz CT molecular complexity index is 391. The molecule has 1 aliphatic rings. The standard InChI is InChI=1S/C16H24O3/c1-12(2)19-15-7-5-14(6-8-15)11-13(3)16(4)17-9-10-18-16/h5-8,12-13H,9-11H2,1-4H3. The van der Waals surface area contributed by atoms with Gasteiger partial charge >= 0.3 is 0 Å². The molecule has 0 aromatic heterocycles. The lowest BCUT2D eigenvalue weighted by atomic mass is 9.94. The van der Waals surface area contributed by atoms with Gasteiger partial charge in [0.2, 0.25) is 0 Å². The highest BCUT2D eigenvalue weighted by Crippen LogP contribution is 2.30. The minimum absolute atomic E-state index is 0.212. The van der Waals surface area contributed by atoms with E-state index >= 15 is 0 Å². The molecule has 1 atom stereocenters. The van der Waals surface area contributed by atoms with Crippen LogP contribution in [-0.4, -0.2) is 25.1 Å². The largest absolute Gasteiger partial charge is 0.491 e. The van der Waals surface area contributed by atoms with Gasteiger partial charge in [0.25, 0.3) is 0 Å². The highest BCUT2D eigenvalue weighted by Gasteiger charge is 2.36. The van der Waals surface area contributed by atoms with Gasteiger partial charge in [0.1, 0.15) is 5.75 Å². The molecule has 0 N–H and O–H groups in total. The van der Waals surface area contributed by atoms with Crippen LogP contribution in [0.3, 0.4) is 0 Å². The van der Waals surface area contributed by atoms with E-state index in [9.17, 15) is 0 Å². The van der Waals surface area contributed by atoms with Gasteiger partial charge in [-0.25, -0.2) is 0 Å². The molecule has 3 heteroatoms. The maximum atomic E-state index is 5.70. The Balaban J connectivity index is 1.95. The lowest BCUT2D eigenvalue weighted by Crippen LogP contribution is -2.35. The van der Waals surface area contributed by atoms with Gasteiger partial charge in [0, 0.05) is 5.92 Å². The molecule has 1 saturated heterocycles. The third kappa shape index (κ3) is 3.71. The van der Waals surface area contributed by atoms with Crippen molar-refractivity contribution in [1.82, 2.24) is 0 Å². The van der Waals surface area contributed by atoms with E-state index in [0.717, 1.165) is 12.2 Å². The molecule has 1 aromatic carbocycles. The third-order valence-electron chi connectivity index (χ3n) is 3.59. The molecule has 0 aliphatic carbocycles. The van der Waals surface area contributed by atoms with Crippen molar-refractivity contribution in [3.63, 3.8) is 0 Å². The summed E-state index contributed by atoms with van der Waals surface area (Å²) < 4.78 is 17.1. The van der Waals surface area contributed by atoms with E-state index in [2.05, 4.69) is 19.1 Å². The summed E-state index contributed by atoms with van der Waals surface area (Å²) in [7, 11) is 0. The number of hydrogen-bond donors (Lipinski definition) is 0. The predicted octanol–water partition coefficient (Wildman–Crippen LogP) is 3.42. The molecule has 1 aromatic rings. The van der Waals surface area contributed by atoms with Crippen LogP contribution in [0, 0.1) is 5.92 Å². The number of hydrogen-bond acceptors (Lipinski definition) is 3. The van der Waals surface area contributed by atoms with Gasteiger partial charge in [-0.2, -0.15) is 0 Å². The molecular formula is C16H24O3. The highest BCUT2D eigenvalue weighted by molar-refractivity contribution is 5.27. The minimum Gasteiger partial charge on any atom is -0.491 e. The summed E-state index contributed by atoms with van der Waals surface area (Å²) in [4.78, 5) is 0. The molecule has 1 fully saturated rings. The maximum Gasteiger partial charge on any atom is 0.168 e. The van der Waals surface area contributed by atoms with Crippen LogP contribution in [0.25, 0.3) is 0 Å². The lowest BCUT2D eigenvalue weighted by molar-refractivity contribution is -0.176. The molecule has 3 nitrogen and oxygen atoms in total. The second kappa shape index (κ2) is 5.93. The SMILES string of the molecule is CC(C)Oc1ccc(CC(C)C2(C)OCCO2)cc1. The Hall–Kier alpha value is -1.06. The summed E-state index contributed by atoms with van der Waals surface area (Å²) in [5.41, 5.74) is 1.28. The summed E-state index contributed by atoms with van der Waals surface area (Å²) in [6, 6.07) is 8.29. The number of benzene rings is 1. The Morgan fingerprint density at radius 1 is 1.11 bits per heavy atom. The second-order valence-corrected chi connectivity index (χ2v) is 5.63. The minimum atomic E-state index is -0.437. The molecule has 0 amide bonds. The van der Waals surface area contributed by atoms with E-state index in [1.54, 1.807) is 0 Å². The van der Waals surface area contributed by atoms with Crippen molar-refractivity contribution in [1.29, 1.82) is 0 Å². The monoisotopic (exact) mass is 264 g/mol. The van der Waals surface area contributed by atoms with Crippen molar-refractivity contribution in [2.75, 3.05) is 13.2 Å². The molecule has 2 rings (SSSR count). The van der Waals surface area contributed by atoms with Crippen LogP contribution in [-0.2, 0) is 15.9 Å².